The van der Waals surface area contributed by atoms with Gasteiger partial charge in [-0.15, -0.1) is 0 Å². The van der Waals surface area contributed by atoms with Crippen LogP contribution >= 0.6 is 0 Å². The Hall–Kier alpha value is -3.61. The Kier molecular flexibility index (Phi) is 8.24. The van der Waals surface area contributed by atoms with Crippen molar-refractivity contribution in [1.82, 2.24) is 9.97 Å². The quantitative estimate of drug-likeness (QED) is 0.433. The maximum Gasteiger partial charge on any atom is 0.307 e. The fourth-order valence-electron chi connectivity index (χ4n) is 3.76. The van der Waals surface area contributed by atoms with E-state index in [1.807, 2.05) is 25.1 Å². The van der Waals surface area contributed by atoms with Gasteiger partial charge in [-0.05, 0) is 55.5 Å². The summed E-state index contributed by atoms with van der Waals surface area (Å²) >= 11 is 0. The minimum absolute atomic E-state index is 0.0855. The number of aryl methyl sites for hydroxylation is 2. The highest BCUT2D eigenvalue weighted by Gasteiger charge is 2.12. The van der Waals surface area contributed by atoms with Crippen LogP contribution in [-0.4, -0.2) is 41.3 Å². The lowest BCUT2D eigenvalue weighted by Gasteiger charge is -2.14. The van der Waals surface area contributed by atoms with Crippen molar-refractivity contribution >= 4 is 11.8 Å². The molecule has 0 aliphatic rings. The number of methoxy groups -OCH3 is 1. The van der Waals surface area contributed by atoms with Gasteiger partial charge in [0.1, 0.15) is 23.6 Å². The third kappa shape index (κ3) is 6.44. The first-order valence-electron chi connectivity index (χ1n) is 11.1. The number of hydrogen-bond acceptors (Lipinski definition) is 6. The molecule has 33 heavy (non-hydrogen) atoms. The first-order chi connectivity index (χ1) is 15.9. The first kappa shape index (κ1) is 24.0. The lowest BCUT2D eigenvalue weighted by molar-refractivity contribution is -0.136. The number of nitrogens with one attached hydrogen (secondary N) is 1. The van der Waals surface area contributed by atoms with Crippen molar-refractivity contribution in [2.45, 2.75) is 40.0 Å². The molecule has 0 saturated heterocycles. The van der Waals surface area contributed by atoms with Crippen LogP contribution in [0.25, 0.3) is 11.3 Å². The molecule has 2 aromatic carbocycles. The second-order valence-corrected chi connectivity index (χ2v) is 7.97. The van der Waals surface area contributed by atoms with Crippen LogP contribution in [0, 0.1) is 13.8 Å². The molecule has 0 saturated carbocycles. The highest BCUT2D eigenvalue weighted by Crippen LogP contribution is 2.28. The van der Waals surface area contributed by atoms with E-state index in [4.69, 9.17) is 9.47 Å². The van der Waals surface area contributed by atoms with Crippen molar-refractivity contribution in [3.8, 4) is 22.8 Å². The number of ether oxygens (including phenoxy) is 2. The minimum Gasteiger partial charge on any atom is -0.496 e. The van der Waals surface area contributed by atoms with E-state index in [0.29, 0.717) is 24.5 Å². The van der Waals surface area contributed by atoms with Gasteiger partial charge in [0.15, 0.2) is 0 Å². The van der Waals surface area contributed by atoms with E-state index in [0.717, 1.165) is 35.7 Å². The number of nitrogens with zero attached hydrogens (tertiary/aromatic N) is 2. The van der Waals surface area contributed by atoms with Crippen molar-refractivity contribution in [2.75, 3.05) is 25.6 Å². The fourth-order valence-corrected chi connectivity index (χ4v) is 3.76. The Balaban J connectivity index is 1.75. The molecular weight excluding hydrogens is 418 g/mol. The molecular formula is C26H31N3O4. The standard InChI is InChI=1S/C26H31N3O4/c1-5-10-33-23-13-19(6-7-20(23)14-26(30)31)22-15-25(29-16-28-22)27-9-8-21-18(3)11-17(2)12-24(21)32-4/h6-7,11-13,15-16H,5,8-10,14H2,1-4H3,(H,30,31)(H,27,28,29). The van der Waals surface area contributed by atoms with Gasteiger partial charge < -0.3 is 19.9 Å². The van der Waals surface area contributed by atoms with Gasteiger partial charge in [-0.2, -0.15) is 0 Å². The molecule has 2 N–H and O–H groups in total. The van der Waals surface area contributed by atoms with Crippen LogP contribution in [0.15, 0.2) is 42.7 Å². The van der Waals surface area contributed by atoms with Crippen molar-refractivity contribution in [1.29, 1.82) is 0 Å². The van der Waals surface area contributed by atoms with Crippen LogP contribution in [0.1, 0.15) is 35.6 Å². The summed E-state index contributed by atoms with van der Waals surface area (Å²) in [6, 6.07) is 11.6. The van der Waals surface area contributed by atoms with E-state index < -0.39 is 5.97 Å². The molecule has 0 spiro atoms. The van der Waals surface area contributed by atoms with Gasteiger partial charge in [0.25, 0.3) is 0 Å². The summed E-state index contributed by atoms with van der Waals surface area (Å²) in [5.74, 6) is 1.30. The van der Waals surface area contributed by atoms with E-state index in [1.54, 1.807) is 13.2 Å². The lowest BCUT2D eigenvalue weighted by Crippen LogP contribution is -2.09. The number of benzene rings is 2. The molecule has 1 aromatic heterocycles. The van der Waals surface area contributed by atoms with Gasteiger partial charge in [0.05, 0.1) is 25.8 Å². The smallest absolute Gasteiger partial charge is 0.307 e. The number of carboxylic acids is 1. The zero-order valence-corrected chi connectivity index (χ0v) is 19.6. The molecule has 0 fully saturated rings. The summed E-state index contributed by atoms with van der Waals surface area (Å²) in [7, 11) is 1.70. The summed E-state index contributed by atoms with van der Waals surface area (Å²) in [4.78, 5) is 19.9. The molecule has 174 valence electrons. The Morgan fingerprint density at radius 3 is 2.64 bits per heavy atom. The van der Waals surface area contributed by atoms with Crippen LogP contribution in [0.5, 0.6) is 11.5 Å². The average Bonchev–Trinajstić information content (AvgIpc) is 2.79. The van der Waals surface area contributed by atoms with Crippen LogP contribution < -0.4 is 14.8 Å². The monoisotopic (exact) mass is 449 g/mol. The van der Waals surface area contributed by atoms with Crippen LogP contribution in [0.2, 0.25) is 0 Å². The first-order valence-corrected chi connectivity index (χ1v) is 11.1. The van der Waals surface area contributed by atoms with Gasteiger partial charge in [-0.1, -0.05) is 25.1 Å². The van der Waals surface area contributed by atoms with Crippen LogP contribution in [0.4, 0.5) is 5.82 Å². The summed E-state index contributed by atoms with van der Waals surface area (Å²) in [6.45, 7) is 7.39. The zero-order valence-electron chi connectivity index (χ0n) is 19.6. The lowest BCUT2D eigenvalue weighted by atomic mass is 10.0. The van der Waals surface area contributed by atoms with E-state index >= 15 is 0 Å². The number of hydrogen-bond donors (Lipinski definition) is 2. The van der Waals surface area contributed by atoms with Gasteiger partial charge in [-0.3, -0.25) is 4.79 Å². The topological polar surface area (TPSA) is 93.6 Å². The molecule has 0 atom stereocenters. The molecule has 0 amide bonds. The van der Waals surface area contributed by atoms with Crippen LogP contribution in [-0.2, 0) is 17.6 Å². The largest absolute Gasteiger partial charge is 0.496 e. The van der Waals surface area contributed by atoms with E-state index in [-0.39, 0.29) is 6.42 Å². The Morgan fingerprint density at radius 1 is 1.09 bits per heavy atom. The molecule has 7 nitrogen and oxygen atoms in total. The molecule has 0 aliphatic heterocycles. The maximum atomic E-state index is 11.2. The third-order valence-corrected chi connectivity index (χ3v) is 5.31. The number of carbonyl (C=O) groups is 1. The Morgan fingerprint density at radius 2 is 1.91 bits per heavy atom. The fraction of sp³-hybridized carbons (Fsp3) is 0.346. The minimum atomic E-state index is -0.891. The molecule has 0 aliphatic carbocycles. The highest BCUT2D eigenvalue weighted by atomic mass is 16.5. The number of aliphatic carboxylic acids is 1. The van der Waals surface area contributed by atoms with Crippen molar-refractivity contribution in [3.05, 3.63) is 65.0 Å². The van der Waals surface area contributed by atoms with Crippen molar-refractivity contribution < 1.29 is 19.4 Å². The van der Waals surface area contributed by atoms with E-state index in [9.17, 15) is 9.90 Å². The SMILES string of the molecule is CCCOc1cc(-c2cc(NCCc3c(C)cc(C)cc3OC)ncn2)ccc1CC(=O)O. The summed E-state index contributed by atoms with van der Waals surface area (Å²) in [5, 5.41) is 12.5. The average molecular weight is 450 g/mol. The van der Waals surface area contributed by atoms with Gasteiger partial charge in [-0.25, -0.2) is 9.97 Å². The zero-order chi connectivity index (χ0) is 23.8. The normalized spacial score (nSPS) is 10.7. The number of rotatable bonds is 11. The van der Waals surface area contributed by atoms with Gasteiger partial charge in [0.2, 0.25) is 0 Å². The van der Waals surface area contributed by atoms with Crippen molar-refractivity contribution in [3.63, 3.8) is 0 Å². The predicted octanol–water partition coefficient (Wildman–Crippen LogP) is 4.84. The summed E-state index contributed by atoms with van der Waals surface area (Å²) in [6.07, 6.45) is 3.07. The maximum absolute atomic E-state index is 11.2. The van der Waals surface area contributed by atoms with Gasteiger partial charge >= 0.3 is 5.97 Å². The summed E-state index contributed by atoms with van der Waals surface area (Å²) < 4.78 is 11.4. The molecule has 0 bridgehead atoms. The van der Waals surface area contributed by atoms with E-state index in [1.165, 1.54) is 23.0 Å². The third-order valence-electron chi connectivity index (χ3n) is 5.31. The molecule has 3 aromatic rings. The molecule has 0 unspecified atom stereocenters. The van der Waals surface area contributed by atoms with Crippen molar-refractivity contribution in [2.24, 2.45) is 0 Å². The molecule has 3 rings (SSSR count). The Bertz CT molecular complexity index is 1110. The van der Waals surface area contributed by atoms with Crippen LogP contribution in [0.3, 0.4) is 0 Å². The molecule has 0 radical (unpaired) electrons. The molecule has 7 heteroatoms. The summed E-state index contributed by atoms with van der Waals surface area (Å²) in [5.41, 5.74) is 5.79. The second-order valence-electron chi connectivity index (χ2n) is 7.97. The highest BCUT2D eigenvalue weighted by molar-refractivity contribution is 5.73. The number of anilines is 1. The predicted molar refractivity (Wildman–Crippen MR) is 129 cm³/mol. The van der Waals surface area contributed by atoms with E-state index in [2.05, 4.69) is 41.3 Å². The number of aromatic nitrogens is 2. The Labute approximate surface area is 194 Å². The molecule has 1 heterocycles. The van der Waals surface area contributed by atoms with Gasteiger partial charge in [0, 0.05) is 23.7 Å². The number of carboxylic acid groups (broad SMARTS) is 1. The second kappa shape index (κ2) is 11.3.